The molecule has 5 nitrogen and oxygen atoms in total. The molecule has 4 heterocycles. The van der Waals surface area contributed by atoms with Gasteiger partial charge in [0, 0.05) is 64.0 Å². The molecular weight excluding hydrogens is 719 g/mol. The third kappa shape index (κ3) is 5.19. The molecule has 266 valence electrons. The standard InChI is InChI=1S/C51H29N3O2S/c1-3-12-30(13-4-1)49-52-50(31-14-5-2-6-15-31)54-51(53-49)39-19-11-18-38-37-24-22-33(29-46(37)57-48(38)39)40-27-34(28-42-36-17-8-10-21-44(36)56-47(40)42)32-23-25-45-41(26-32)35-16-7-9-20-43(35)55-45/h1-29H. The number of furan rings is 2. The number of thiophene rings is 1. The van der Waals surface area contributed by atoms with Crippen molar-refractivity contribution in [2.45, 2.75) is 0 Å². The van der Waals surface area contributed by atoms with E-state index in [1.807, 2.05) is 84.9 Å². The van der Waals surface area contributed by atoms with Crippen LogP contribution in [-0.2, 0) is 0 Å². The Morgan fingerprint density at radius 3 is 1.68 bits per heavy atom. The monoisotopic (exact) mass is 747 g/mol. The molecule has 0 fully saturated rings. The topological polar surface area (TPSA) is 65.0 Å². The van der Waals surface area contributed by atoms with E-state index in [-0.39, 0.29) is 0 Å². The summed E-state index contributed by atoms with van der Waals surface area (Å²) in [5, 5.41) is 6.77. The predicted molar refractivity (Wildman–Crippen MR) is 234 cm³/mol. The van der Waals surface area contributed by atoms with Crippen molar-refractivity contribution in [3.05, 3.63) is 176 Å². The Labute approximate surface area is 330 Å². The highest BCUT2D eigenvalue weighted by Gasteiger charge is 2.20. The van der Waals surface area contributed by atoms with E-state index < -0.39 is 0 Å². The second-order valence-electron chi connectivity index (χ2n) is 14.3. The first-order chi connectivity index (χ1) is 28.2. The lowest BCUT2D eigenvalue weighted by Gasteiger charge is -2.09. The van der Waals surface area contributed by atoms with Crippen molar-refractivity contribution in [3.63, 3.8) is 0 Å². The molecular formula is C51H29N3O2S. The number of rotatable bonds is 5. The Kier molecular flexibility index (Phi) is 7.03. The van der Waals surface area contributed by atoms with Gasteiger partial charge >= 0.3 is 0 Å². The van der Waals surface area contributed by atoms with Gasteiger partial charge in [-0.15, -0.1) is 11.3 Å². The second kappa shape index (κ2) is 12.6. The van der Waals surface area contributed by atoms with Crippen LogP contribution in [0.3, 0.4) is 0 Å². The lowest BCUT2D eigenvalue weighted by atomic mass is 9.94. The average Bonchev–Trinajstić information content (AvgIpc) is 3.97. The minimum Gasteiger partial charge on any atom is -0.456 e. The highest BCUT2D eigenvalue weighted by Crippen LogP contribution is 2.44. The summed E-state index contributed by atoms with van der Waals surface area (Å²) < 4.78 is 15.1. The summed E-state index contributed by atoms with van der Waals surface area (Å²) in [7, 11) is 0. The van der Waals surface area contributed by atoms with E-state index in [1.165, 1.54) is 15.5 Å². The fourth-order valence-corrected chi connectivity index (χ4v) is 9.44. The lowest BCUT2D eigenvalue weighted by Crippen LogP contribution is -2.00. The van der Waals surface area contributed by atoms with Crippen LogP contribution in [0.2, 0.25) is 0 Å². The van der Waals surface area contributed by atoms with Crippen LogP contribution >= 0.6 is 11.3 Å². The van der Waals surface area contributed by atoms with Gasteiger partial charge in [0.05, 0.1) is 0 Å². The maximum absolute atomic E-state index is 6.65. The Bertz CT molecular complexity index is 3470. The first-order valence-electron chi connectivity index (χ1n) is 18.9. The van der Waals surface area contributed by atoms with Crippen molar-refractivity contribution < 1.29 is 8.83 Å². The zero-order valence-corrected chi connectivity index (χ0v) is 31.1. The molecule has 4 aromatic heterocycles. The van der Waals surface area contributed by atoms with Crippen LogP contribution in [0.4, 0.5) is 0 Å². The first kappa shape index (κ1) is 31.9. The van der Waals surface area contributed by atoms with Gasteiger partial charge in [0.15, 0.2) is 17.5 Å². The molecule has 0 radical (unpaired) electrons. The van der Waals surface area contributed by atoms with Crippen LogP contribution in [0.15, 0.2) is 185 Å². The maximum atomic E-state index is 6.65. The Morgan fingerprint density at radius 2 is 0.930 bits per heavy atom. The SMILES string of the molecule is c1ccc(-c2nc(-c3ccccc3)nc(-c3cccc4c3sc3cc(-c5cc(-c6ccc7oc8ccccc8c7c6)cc6c5oc5ccccc56)ccc34)n2)cc1. The first-order valence-corrected chi connectivity index (χ1v) is 19.7. The predicted octanol–water partition coefficient (Wildman–Crippen LogP) is 14.4. The number of hydrogen-bond acceptors (Lipinski definition) is 6. The fourth-order valence-electron chi connectivity index (χ4n) is 8.18. The molecule has 0 aliphatic heterocycles. The molecule has 0 saturated carbocycles. The quantitative estimate of drug-likeness (QED) is 0.175. The number of benzene rings is 8. The molecule has 0 atom stereocenters. The number of para-hydroxylation sites is 2. The summed E-state index contributed by atoms with van der Waals surface area (Å²) in [6, 6.07) is 61.0. The molecule has 0 aliphatic rings. The summed E-state index contributed by atoms with van der Waals surface area (Å²) in [5.74, 6) is 1.95. The summed E-state index contributed by atoms with van der Waals surface area (Å²) >= 11 is 1.77. The molecule has 0 amide bonds. The molecule has 12 aromatic rings. The Morgan fingerprint density at radius 1 is 0.333 bits per heavy atom. The number of aromatic nitrogens is 3. The molecule has 0 spiro atoms. The largest absolute Gasteiger partial charge is 0.456 e. The summed E-state index contributed by atoms with van der Waals surface area (Å²) in [5.41, 5.74) is 10.8. The van der Waals surface area contributed by atoms with E-state index in [2.05, 4.69) is 91.0 Å². The van der Waals surface area contributed by atoms with Gasteiger partial charge in [0.25, 0.3) is 0 Å². The molecule has 0 unspecified atom stereocenters. The van der Waals surface area contributed by atoms with Crippen LogP contribution in [0.25, 0.3) is 120 Å². The van der Waals surface area contributed by atoms with Gasteiger partial charge in [-0.1, -0.05) is 127 Å². The number of fused-ring (bicyclic) bond motifs is 9. The molecule has 0 aliphatic carbocycles. The van der Waals surface area contributed by atoms with Crippen LogP contribution in [0.1, 0.15) is 0 Å². The normalized spacial score (nSPS) is 11.9. The van der Waals surface area contributed by atoms with E-state index >= 15 is 0 Å². The van der Waals surface area contributed by atoms with E-state index in [0.717, 1.165) is 87.5 Å². The van der Waals surface area contributed by atoms with E-state index in [0.29, 0.717) is 17.5 Å². The van der Waals surface area contributed by atoms with Gasteiger partial charge in [-0.3, -0.25) is 0 Å². The van der Waals surface area contributed by atoms with Crippen LogP contribution in [-0.4, -0.2) is 15.0 Å². The van der Waals surface area contributed by atoms with Crippen LogP contribution in [0.5, 0.6) is 0 Å². The number of nitrogens with zero attached hydrogens (tertiary/aromatic N) is 3. The summed E-state index contributed by atoms with van der Waals surface area (Å²) in [6.45, 7) is 0. The second-order valence-corrected chi connectivity index (χ2v) is 15.4. The van der Waals surface area contributed by atoms with Crippen molar-refractivity contribution in [2.24, 2.45) is 0 Å². The van der Waals surface area contributed by atoms with Crippen molar-refractivity contribution in [2.75, 3.05) is 0 Å². The maximum Gasteiger partial charge on any atom is 0.165 e. The van der Waals surface area contributed by atoms with E-state index in [4.69, 9.17) is 23.8 Å². The molecule has 0 bridgehead atoms. The van der Waals surface area contributed by atoms with Crippen molar-refractivity contribution in [1.29, 1.82) is 0 Å². The third-order valence-electron chi connectivity index (χ3n) is 10.9. The molecule has 57 heavy (non-hydrogen) atoms. The minimum atomic E-state index is 0.648. The van der Waals surface area contributed by atoms with Crippen LogP contribution in [0, 0.1) is 0 Å². The Hall–Kier alpha value is -7.41. The highest BCUT2D eigenvalue weighted by molar-refractivity contribution is 7.26. The van der Waals surface area contributed by atoms with E-state index in [1.54, 1.807) is 11.3 Å². The third-order valence-corrected chi connectivity index (χ3v) is 12.1. The molecule has 6 heteroatoms. The van der Waals surface area contributed by atoms with Gasteiger partial charge in [-0.05, 0) is 65.2 Å². The van der Waals surface area contributed by atoms with Gasteiger partial charge in [0.2, 0.25) is 0 Å². The summed E-state index contributed by atoms with van der Waals surface area (Å²) in [4.78, 5) is 15.1. The highest BCUT2D eigenvalue weighted by atomic mass is 32.1. The van der Waals surface area contributed by atoms with Gasteiger partial charge < -0.3 is 8.83 Å². The number of hydrogen-bond donors (Lipinski definition) is 0. The van der Waals surface area contributed by atoms with Crippen LogP contribution < -0.4 is 0 Å². The van der Waals surface area contributed by atoms with Crippen molar-refractivity contribution in [1.82, 2.24) is 15.0 Å². The summed E-state index contributed by atoms with van der Waals surface area (Å²) in [6.07, 6.45) is 0. The molecule has 12 rings (SSSR count). The smallest absolute Gasteiger partial charge is 0.165 e. The Balaban J connectivity index is 1.04. The zero-order valence-electron chi connectivity index (χ0n) is 30.3. The minimum absolute atomic E-state index is 0.648. The molecule has 0 N–H and O–H groups in total. The molecule has 0 saturated heterocycles. The van der Waals surface area contributed by atoms with Gasteiger partial charge in [-0.25, -0.2) is 15.0 Å². The average molecular weight is 748 g/mol. The van der Waals surface area contributed by atoms with Crippen molar-refractivity contribution >= 4 is 75.4 Å². The van der Waals surface area contributed by atoms with Crippen molar-refractivity contribution in [3.8, 4) is 56.4 Å². The fraction of sp³-hybridized carbons (Fsp3) is 0. The van der Waals surface area contributed by atoms with E-state index in [9.17, 15) is 0 Å². The zero-order chi connectivity index (χ0) is 37.5. The van der Waals surface area contributed by atoms with Gasteiger partial charge in [-0.2, -0.15) is 0 Å². The lowest BCUT2D eigenvalue weighted by molar-refractivity contribution is 0.669. The van der Waals surface area contributed by atoms with Gasteiger partial charge in [0.1, 0.15) is 22.3 Å². The molecule has 8 aromatic carbocycles.